The third-order valence-electron chi connectivity index (χ3n) is 6.01. The number of nitrogens with zero attached hydrogens (tertiary/aromatic N) is 2. The Morgan fingerprint density at radius 1 is 0.882 bits per heavy atom. The molecule has 7 heteroatoms. The second-order valence-electron chi connectivity index (χ2n) is 8.24. The lowest BCUT2D eigenvalue weighted by atomic mass is 10.0. The Bertz CT molecular complexity index is 1170. The summed E-state index contributed by atoms with van der Waals surface area (Å²) in [5.74, 6) is 0.950. The van der Waals surface area contributed by atoms with Crippen LogP contribution in [0.3, 0.4) is 0 Å². The zero-order valence-electron chi connectivity index (χ0n) is 19.7. The molecule has 0 spiro atoms. The van der Waals surface area contributed by atoms with Crippen LogP contribution in [-0.4, -0.2) is 55.6 Å². The molecular weight excluding hydrogens is 430 g/mol. The summed E-state index contributed by atoms with van der Waals surface area (Å²) in [5, 5.41) is 2.98. The van der Waals surface area contributed by atoms with Crippen molar-refractivity contribution in [1.29, 1.82) is 0 Å². The molecule has 1 atom stereocenters. The predicted octanol–water partition coefficient (Wildman–Crippen LogP) is 4.74. The minimum Gasteiger partial charge on any atom is -0.493 e. The minimum atomic E-state index is -0.279. The zero-order chi connectivity index (χ0) is 24.1. The summed E-state index contributed by atoms with van der Waals surface area (Å²) < 4.78 is 10.7. The predicted molar refractivity (Wildman–Crippen MR) is 132 cm³/mol. The number of hydrogen-bond donors (Lipinski definition) is 1. The Morgan fingerprint density at radius 3 is 2.35 bits per heavy atom. The first-order valence-corrected chi connectivity index (χ1v) is 11.2. The van der Waals surface area contributed by atoms with Gasteiger partial charge in [0.1, 0.15) is 0 Å². The highest BCUT2D eigenvalue weighted by atomic mass is 16.5. The number of rotatable bonds is 5. The van der Waals surface area contributed by atoms with E-state index in [1.165, 1.54) is 0 Å². The van der Waals surface area contributed by atoms with E-state index in [0.717, 1.165) is 16.8 Å². The van der Waals surface area contributed by atoms with Gasteiger partial charge in [0, 0.05) is 30.9 Å². The first kappa shape index (κ1) is 23.2. The molecule has 1 unspecified atom stereocenters. The largest absolute Gasteiger partial charge is 0.493 e. The van der Waals surface area contributed by atoms with Crippen LogP contribution in [0.1, 0.15) is 27.5 Å². The number of benzene rings is 3. The second-order valence-corrected chi connectivity index (χ2v) is 8.24. The number of methoxy groups -OCH3 is 2. The van der Waals surface area contributed by atoms with Crippen LogP contribution in [-0.2, 0) is 0 Å². The van der Waals surface area contributed by atoms with E-state index >= 15 is 0 Å². The Kier molecular flexibility index (Phi) is 7.01. The molecule has 176 valence electrons. The first-order chi connectivity index (χ1) is 16.5. The van der Waals surface area contributed by atoms with Gasteiger partial charge in [0.2, 0.25) is 0 Å². The summed E-state index contributed by atoms with van der Waals surface area (Å²) in [7, 11) is 3.11. The number of urea groups is 1. The number of ether oxygens (including phenoxy) is 2. The van der Waals surface area contributed by atoms with E-state index in [4.69, 9.17) is 9.47 Å². The van der Waals surface area contributed by atoms with Gasteiger partial charge >= 0.3 is 6.03 Å². The topological polar surface area (TPSA) is 71.1 Å². The number of carbonyl (C=O) groups is 2. The van der Waals surface area contributed by atoms with Crippen molar-refractivity contribution in [1.82, 2.24) is 9.80 Å². The first-order valence-electron chi connectivity index (χ1n) is 11.2. The third kappa shape index (κ3) is 4.98. The molecule has 0 saturated carbocycles. The van der Waals surface area contributed by atoms with E-state index in [-0.39, 0.29) is 18.0 Å². The van der Waals surface area contributed by atoms with Crippen molar-refractivity contribution in [3.05, 3.63) is 89.5 Å². The fourth-order valence-electron chi connectivity index (χ4n) is 4.23. The molecule has 1 N–H and O–H groups in total. The van der Waals surface area contributed by atoms with E-state index < -0.39 is 0 Å². The maximum Gasteiger partial charge on any atom is 0.321 e. The van der Waals surface area contributed by atoms with E-state index in [9.17, 15) is 9.59 Å². The van der Waals surface area contributed by atoms with Crippen molar-refractivity contribution in [2.75, 3.05) is 39.2 Å². The average molecular weight is 460 g/mol. The molecule has 1 heterocycles. The van der Waals surface area contributed by atoms with E-state index in [2.05, 4.69) is 5.32 Å². The van der Waals surface area contributed by atoms with Crippen LogP contribution in [0, 0.1) is 6.92 Å². The Labute approximate surface area is 199 Å². The maximum absolute atomic E-state index is 13.6. The summed E-state index contributed by atoms with van der Waals surface area (Å²) in [6.45, 7) is 3.22. The monoisotopic (exact) mass is 459 g/mol. The second kappa shape index (κ2) is 10.3. The fraction of sp³-hybridized carbons (Fsp3) is 0.259. The lowest BCUT2D eigenvalue weighted by molar-refractivity contribution is 0.0516. The molecule has 0 bridgehead atoms. The molecule has 1 aliphatic heterocycles. The van der Waals surface area contributed by atoms with Gasteiger partial charge in [0.15, 0.2) is 11.5 Å². The number of amides is 3. The minimum absolute atomic E-state index is 0.117. The van der Waals surface area contributed by atoms with E-state index in [1.54, 1.807) is 37.3 Å². The van der Waals surface area contributed by atoms with Crippen LogP contribution in [0.25, 0.3) is 0 Å². The quantitative estimate of drug-likeness (QED) is 0.598. The summed E-state index contributed by atoms with van der Waals surface area (Å²) in [5.41, 5.74) is 3.32. The van der Waals surface area contributed by atoms with Gasteiger partial charge in [-0.15, -0.1) is 0 Å². The molecule has 0 aliphatic carbocycles. The van der Waals surface area contributed by atoms with Crippen molar-refractivity contribution in [3.63, 3.8) is 0 Å². The highest BCUT2D eigenvalue weighted by Gasteiger charge is 2.34. The molecule has 3 amide bonds. The van der Waals surface area contributed by atoms with Crippen molar-refractivity contribution in [2.24, 2.45) is 0 Å². The number of carbonyl (C=O) groups excluding carboxylic acids is 2. The zero-order valence-corrected chi connectivity index (χ0v) is 19.7. The van der Waals surface area contributed by atoms with Gasteiger partial charge in [0.05, 0.1) is 20.3 Å². The highest BCUT2D eigenvalue weighted by Crippen LogP contribution is 2.31. The molecule has 3 aromatic rings. The lowest BCUT2D eigenvalue weighted by Crippen LogP contribution is -2.53. The molecule has 7 nitrogen and oxygen atoms in total. The van der Waals surface area contributed by atoms with Crippen molar-refractivity contribution in [2.45, 2.75) is 13.0 Å². The van der Waals surface area contributed by atoms with Gasteiger partial charge in [-0.1, -0.05) is 42.5 Å². The smallest absolute Gasteiger partial charge is 0.321 e. The highest BCUT2D eigenvalue weighted by molar-refractivity contribution is 5.96. The van der Waals surface area contributed by atoms with Crippen LogP contribution >= 0.6 is 0 Å². The van der Waals surface area contributed by atoms with Gasteiger partial charge in [-0.25, -0.2) is 4.79 Å². The molecule has 1 saturated heterocycles. The summed E-state index contributed by atoms with van der Waals surface area (Å²) in [6.07, 6.45) is 0. The van der Waals surface area contributed by atoms with Crippen LogP contribution in [0.2, 0.25) is 0 Å². The Morgan fingerprint density at radius 2 is 1.65 bits per heavy atom. The van der Waals surface area contributed by atoms with Crippen LogP contribution in [0.15, 0.2) is 72.8 Å². The molecule has 4 rings (SSSR count). The van der Waals surface area contributed by atoms with Gasteiger partial charge in [-0.2, -0.15) is 0 Å². The summed E-state index contributed by atoms with van der Waals surface area (Å²) in [4.78, 5) is 30.2. The molecule has 0 aromatic heterocycles. The fourth-order valence-corrected chi connectivity index (χ4v) is 4.23. The summed E-state index contributed by atoms with van der Waals surface area (Å²) >= 11 is 0. The molecule has 3 aromatic carbocycles. The molecule has 1 fully saturated rings. The Balaban J connectivity index is 1.58. The molecule has 0 radical (unpaired) electrons. The maximum atomic E-state index is 13.6. The number of piperazine rings is 1. The van der Waals surface area contributed by atoms with Gasteiger partial charge in [-0.3, -0.25) is 4.79 Å². The third-order valence-corrected chi connectivity index (χ3v) is 6.01. The van der Waals surface area contributed by atoms with Crippen molar-refractivity contribution < 1.29 is 19.1 Å². The SMILES string of the molecule is COc1ccc(C(=O)N2CCN(C(=O)Nc3cccc(C)c3)CC2c2ccccc2)cc1OC. The van der Waals surface area contributed by atoms with Crippen molar-refractivity contribution >= 4 is 17.6 Å². The van der Waals surface area contributed by atoms with Crippen LogP contribution in [0.5, 0.6) is 11.5 Å². The number of nitrogens with one attached hydrogen (secondary N) is 1. The molecule has 34 heavy (non-hydrogen) atoms. The van der Waals surface area contributed by atoms with Gasteiger partial charge in [0.25, 0.3) is 5.91 Å². The van der Waals surface area contributed by atoms with Gasteiger partial charge in [-0.05, 0) is 48.4 Å². The van der Waals surface area contributed by atoms with Gasteiger partial charge < -0.3 is 24.6 Å². The number of hydrogen-bond acceptors (Lipinski definition) is 4. The van der Waals surface area contributed by atoms with E-state index in [0.29, 0.717) is 36.7 Å². The lowest BCUT2D eigenvalue weighted by Gasteiger charge is -2.41. The number of anilines is 1. The average Bonchev–Trinajstić information content (AvgIpc) is 2.88. The van der Waals surface area contributed by atoms with Crippen molar-refractivity contribution in [3.8, 4) is 11.5 Å². The normalized spacial score (nSPS) is 15.6. The standard InChI is InChI=1S/C27H29N3O4/c1-19-8-7-11-22(16-19)28-27(32)29-14-15-30(23(18-29)20-9-5-4-6-10-20)26(31)21-12-13-24(33-2)25(17-21)34-3/h4-13,16-17,23H,14-15,18H2,1-3H3,(H,28,32). The summed E-state index contributed by atoms with van der Waals surface area (Å²) in [6, 6.07) is 22.2. The molecule has 1 aliphatic rings. The van der Waals surface area contributed by atoms with Crippen LogP contribution in [0.4, 0.5) is 10.5 Å². The van der Waals surface area contributed by atoms with E-state index in [1.807, 2.05) is 66.4 Å². The molecular formula is C27H29N3O4. The van der Waals surface area contributed by atoms with Crippen LogP contribution < -0.4 is 14.8 Å². The Hall–Kier alpha value is -4.00. The number of aryl methyl sites for hydroxylation is 1.